The van der Waals surface area contributed by atoms with Gasteiger partial charge in [-0.2, -0.15) is 21.2 Å². The zero-order valence-electron chi connectivity index (χ0n) is 11.7. The van der Waals surface area contributed by atoms with Gasteiger partial charge in [-0.1, -0.05) is 6.92 Å². The molecule has 1 fully saturated rings. The molecule has 1 atom stereocenters. The summed E-state index contributed by atoms with van der Waals surface area (Å²) < 4.78 is 28.4. The summed E-state index contributed by atoms with van der Waals surface area (Å²) in [6.07, 6.45) is 4.83. The molecule has 0 bridgehead atoms. The van der Waals surface area contributed by atoms with Gasteiger partial charge in [0, 0.05) is 36.8 Å². The van der Waals surface area contributed by atoms with E-state index in [2.05, 4.69) is 12.0 Å². The number of thioether (sulfide) groups is 1. The number of sulfonamides is 1. The predicted molar refractivity (Wildman–Crippen MR) is 81.2 cm³/mol. The van der Waals surface area contributed by atoms with Crippen LogP contribution in [0.15, 0.2) is 17.3 Å². The first-order chi connectivity index (χ1) is 9.57. The lowest BCUT2D eigenvalue weighted by molar-refractivity contribution is 0.416. The van der Waals surface area contributed by atoms with Gasteiger partial charge in [0.1, 0.15) is 4.90 Å². The summed E-state index contributed by atoms with van der Waals surface area (Å²) in [6, 6.07) is 0. The number of nitrogens with two attached hydrogens (primary N) is 1. The number of hydrogen-bond donors (Lipinski definition) is 1. The monoisotopic (exact) mass is 318 g/mol. The number of nitrogens with zero attached hydrogens (tertiary/aromatic N) is 3. The van der Waals surface area contributed by atoms with E-state index < -0.39 is 10.0 Å². The molecule has 114 valence electrons. The van der Waals surface area contributed by atoms with Crippen LogP contribution < -0.4 is 5.73 Å². The van der Waals surface area contributed by atoms with E-state index in [9.17, 15) is 8.42 Å². The molecule has 1 saturated heterocycles. The summed E-state index contributed by atoms with van der Waals surface area (Å²) >= 11 is 1.85. The van der Waals surface area contributed by atoms with Gasteiger partial charge in [0.2, 0.25) is 10.0 Å². The Balaban J connectivity index is 2.11. The van der Waals surface area contributed by atoms with Crippen molar-refractivity contribution < 1.29 is 8.42 Å². The standard InChI is InChI=1S/C12H22N4O2S2/c1-2-11-9-16(6-7-19-11)20(17,18)12-8-14-15(10-12)5-3-4-13/h8,10-11H,2-7,9,13H2,1H3. The Hall–Kier alpha value is -0.570. The van der Waals surface area contributed by atoms with E-state index in [0.717, 1.165) is 18.6 Å². The van der Waals surface area contributed by atoms with Crippen molar-refractivity contribution >= 4 is 21.8 Å². The van der Waals surface area contributed by atoms with Crippen molar-refractivity contribution in [1.29, 1.82) is 0 Å². The van der Waals surface area contributed by atoms with E-state index in [4.69, 9.17) is 5.73 Å². The van der Waals surface area contributed by atoms with Gasteiger partial charge in [0.05, 0.1) is 6.20 Å². The maximum Gasteiger partial charge on any atom is 0.246 e. The summed E-state index contributed by atoms with van der Waals surface area (Å²) in [5.41, 5.74) is 5.45. The van der Waals surface area contributed by atoms with Crippen LogP contribution in [0.25, 0.3) is 0 Å². The van der Waals surface area contributed by atoms with Crippen molar-refractivity contribution in [3.8, 4) is 0 Å². The Morgan fingerprint density at radius 3 is 3.05 bits per heavy atom. The normalized spacial score (nSPS) is 21.2. The summed E-state index contributed by atoms with van der Waals surface area (Å²) in [6.45, 7) is 4.50. The molecule has 0 spiro atoms. The molecule has 2 N–H and O–H groups in total. The Morgan fingerprint density at radius 2 is 2.35 bits per heavy atom. The molecule has 8 heteroatoms. The fourth-order valence-electron chi connectivity index (χ4n) is 2.16. The van der Waals surface area contributed by atoms with Gasteiger partial charge in [-0.25, -0.2) is 8.42 Å². The summed E-state index contributed by atoms with van der Waals surface area (Å²) in [7, 11) is -3.40. The highest BCUT2D eigenvalue weighted by molar-refractivity contribution is 8.00. The molecular weight excluding hydrogens is 296 g/mol. The van der Waals surface area contributed by atoms with E-state index in [1.54, 1.807) is 15.2 Å². The summed E-state index contributed by atoms with van der Waals surface area (Å²) in [5, 5.41) is 4.50. The average molecular weight is 318 g/mol. The van der Waals surface area contributed by atoms with Gasteiger partial charge in [0.25, 0.3) is 0 Å². The molecule has 1 aliphatic rings. The van der Waals surface area contributed by atoms with Gasteiger partial charge in [-0.05, 0) is 19.4 Å². The van der Waals surface area contributed by atoms with Crippen molar-refractivity contribution in [3.63, 3.8) is 0 Å². The number of hydrogen-bond acceptors (Lipinski definition) is 5. The Kier molecular flexibility index (Phi) is 5.48. The van der Waals surface area contributed by atoms with Crippen molar-refractivity contribution in [2.75, 3.05) is 25.4 Å². The van der Waals surface area contributed by atoms with Crippen LogP contribution in [0.2, 0.25) is 0 Å². The van der Waals surface area contributed by atoms with Crippen molar-refractivity contribution in [1.82, 2.24) is 14.1 Å². The van der Waals surface area contributed by atoms with E-state index in [0.29, 0.717) is 31.4 Å². The highest BCUT2D eigenvalue weighted by Crippen LogP contribution is 2.25. The van der Waals surface area contributed by atoms with Crippen LogP contribution in [0, 0.1) is 0 Å². The second-order valence-corrected chi connectivity index (χ2v) is 8.19. The molecule has 0 aliphatic carbocycles. The fraction of sp³-hybridized carbons (Fsp3) is 0.750. The van der Waals surface area contributed by atoms with E-state index in [-0.39, 0.29) is 4.90 Å². The third-order valence-electron chi connectivity index (χ3n) is 3.40. The molecule has 0 amide bonds. The maximum absolute atomic E-state index is 12.6. The zero-order chi connectivity index (χ0) is 14.6. The van der Waals surface area contributed by atoms with Gasteiger partial charge >= 0.3 is 0 Å². The largest absolute Gasteiger partial charge is 0.330 e. The maximum atomic E-state index is 12.6. The van der Waals surface area contributed by atoms with Crippen LogP contribution in [-0.4, -0.2) is 53.1 Å². The highest BCUT2D eigenvalue weighted by atomic mass is 32.2. The molecule has 20 heavy (non-hydrogen) atoms. The van der Waals surface area contributed by atoms with Crippen LogP contribution >= 0.6 is 11.8 Å². The average Bonchev–Trinajstić information content (AvgIpc) is 2.94. The van der Waals surface area contributed by atoms with Crippen LogP contribution in [-0.2, 0) is 16.6 Å². The minimum absolute atomic E-state index is 0.288. The molecule has 0 aromatic carbocycles. The first kappa shape index (κ1) is 15.8. The third kappa shape index (κ3) is 3.55. The number of aromatic nitrogens is 2. The Morgan fingerprint density at radius 1 is 1.55 bits per heavy atom. The fourth-order valence-corrected chi connectivity index (χ4v) is 4.99. The predicted octanol–water partition coefficient (Wildman–Crippen LogP) is 0.748. The lowest BCUT2D eigenvalue weighted by atomic mass is 10.3. The first-order valence-electron chi connectivity index (χ1n) is 6.92. The zero-order valence-corrected chi connectivity index (χ0v) is 13.4. The second kappa shape index (κ2) is 6.93. The van der Waals surface area contributed by atoms with E-state index >= 15 is 0 Å². The lowest BCUT2D eigenvalue weighted by Crippen LogP contribution is -2.41. The smallest absolute Gasteiger partial charge is 0.246 e. The van der Waals surface area contributed by atoms with Crippen LogP contribution in [0.4, 0.5) is 0 Å². The second-order valence-electron chi connectivity index (χ2n) is 4.85. The summed E-state index contributed by atoms with van der Waals surface area (Å²) in [4.78, 5) is 0.288. The molecular formula is C12H22N4O2S2. The lowest BCUT2D eigenvalue weighted by Gasteiger charge is -2.30. The molecule has 1 unspecified atom stereocenters. The first-order valence-corrected chi connectivity index (χ1v) is 9.41. The number of rotatable bonds is 6. The van der Waals surface area contributed by atoms with Crippen LogP contribution in [0.1, 0.15) is 19.8 Å². The third-order valence-corrected chi connectivity index (χ3v) is 6.59. The minimum Gasteiger partial charge on any atom is -0.330 e. The van der Waals surface area contributed by atoms with Gasteiger partial charge in [0.15, 0.2) is 0 Å². The minimum atomic E-state index is -3.40. The molecule has 1 aromatic heterocycles. The highest BCUT2D eigenvalue weighted by Gasteiger charge is 2.30. The van der Waals surface area contributed by atoms with Gasteiger partial charge in [-0.3, -0.25) is 4.68 Å². The quantitative estimate of drug-likeness (QED) is 0.837. The molecule has 1 aliphatic heterocycles. The molecule has 2 rings (SSSR count). The van der Waals surface area contributed by atoms with Crippen LogP contribution in [0.3, 0.4) is 0 Å². The van der Waals surface area contributed by atoms with E-state index in [1.165, 1.54) is 6.20 Å². The topological polar surface area (TPSA) is 81.2 Å². The van der Waals surface area contributed by atoms with Gasteiger partial charge < -0.3 is 5.73 Å². The Bertz CT molecular complexity index is 529. The Labute approximate surface area is 124 Å². The SMILES string of the molecule is CCC1CN(S(=O)(=O)c2cnn(CCCN)c2)CCS1. The van der Waals surface area contributed by atoms with Crippen molar-refractivity contribution in [3.05, 3.63) is 12.4 Å². The molecule has 2 heterocycles. The van der Waals surface area contributed by atoms with Crippen molar-refractivity contribution in [2.45, 2.75) is 36.5 Å². The van der Waals surface area contributed by atoms with Crippen LogP contribution in [0.5, 0.6) is 0 Å². The van der Waals surface area contributed by atoms with Crippen molar-refractivity contribution in [2.24, 2.45) is 5.73 Å². The van der Waals surface area contributed by atoms with Gasteiger partial charge in [-0.15, -0.1) is 0 Å². The molecule has 0 radical (unpaired) electrons. The summed E-state index contributed by atoms with van der Waals surface area (Å²) in [5.74, 6) is 0.860. The number of aryl methyl sites for hydroxylation is 1. The molecule has 0 saturated carbocycles. The molecule has 6 nitrogen and oxygen atoms in total. The van der Waals surface area contributed by atoms with E-state index in [1.807, 2.05) is 11.8 Å². The molecule has 1 aromatic rings.